The predicted molar refractivity (Wildman–Crippen MR) is 139 cm³/mol. The fraction of sp³-hybridized carbons (Fsp3) is 0.318. The minimum atomic E-state index is -3.63. The fourth-order valence-electron chi connectivity index (χ4n) is 3.77. The molecule has 11 heteroatoms. The summed E-state index contributed by atoms with van der Waals surface area (Å²) in [4.78, 5) is 8.91. The van der Waals surface area contributed by atoms with Crippen molar-refractivity contribution in [2.45, 2.75) is 11.3 Å². The molecule has 2 aromatic carbocycles. The standard InChI is InChI=1S/C22H23Cl3N4O2S.ClH/c23-17-5-6-20-16(13-17)14-18(15-26-20)32(30,31)27-7-2-8-28-9-11-29(12-10-28)21-4-1-3-19(24)22(21)25;/h1,3-6,13-15,27H,2,7-12H2;1H. The van der Waals surface area contributed by atoms with Gasteiger partial charge in [-0.15, -0.1) is 12.4 Å². The highest BCUT2D eigenvalue weighted by atomic mass is 35.5. The van der Waals surface area contributed by atoms with Gasteiger partial charge in [-0.05, 0) is 49.4 Å². The highest BCUT2D eigenvalue weighted by molar-refractivity contribution is 7.89. The van der Waals surface area contributed by atoms with Crippen LogP contribution < -0.4 is 9.62 Å². The zero-order valence-electron chi connectivity index (χ0n) is 17.7. The Kier molecular flexibility index (Phi) is 9.08. The molecule has 0 radical (unpaired) electrons. The molecule has 4 rings (SSSR count). The monoisotopic (exact) mass is 548 g/mol. The number of halogens is 4. The van der Waals surface area contributed by atoms with E-state index in [2.05, 4.69) is 19.5 Å². The van der Waals surface area contributed by atoms with Gasteiger partial charge in [0.25, 0.3) is 0 Å². The molecule has 0 saturated carbocycles. The van der Waals surface area contributed by atoms with E-state index in [4.69, 9.17) is 34.8 Å². The van der Waals surface area contributed by atoms with Crippen LogP contribution in [0.15, 0.2) is 53.6 Å². The van der Waals surface area contributed by atoms with Crippen molar-refractivity contribution in [1.29, 1.82) is 0 Å². The molecule has 1 aliphatic heterocycles. The molecule has 1 aromatic heterocycles. The van der Waals surface area contributed by atoms with Gasteiger partial charge in [0.1, 0.15) is 4.90 Å². The Morgan fingerprint density at radius 1 is 1.00 bits per heavy atom. The van der Waals surface area contributed by atoms with E-state index in [-0.39, 0.29) is 17.3 Å². The van der Waals surface area contributed by atoms with E-state index in [0.29, 0.717) is 38.9 Å². The van der Waals surface area contributed by atoms with Crippen LogP contribution in [0.3, 0.4) is 0 Å². The van der Waals surface area contributed by atoms with Gasteiger partial charge in [0.15, 0.2) is 0 Å². The van der Waals surface area contributed by atoms with Crippen molar-refractivity contribution in [2.24, 2.45) is 0 Å². The van der Waals surface area contributed by atoms with E-state index in [1.165, 1.54) is 6.20 Å². The van der Waals surface area contributed by atoms with E-state index in [1.807, 2.05) is 12.1 Å². The van der Waals surface area contributed by atoms with Crippen LogP contribution in [0, 0.1) is 0 Å². The van der Waals surface area contributed by atoms with Gasteiger partial charge < -0.3 is 4.90 Å². The summed E-state index contributed by atoms with van der Waals surface area (Å²) in [7, 11) is -3.63. The quantitative estimate of drug-likeness (QED) is 0.415. The third kappa shape index (κ3) is 6.42. The molecule has 1 aliphatic rings. The maximum absolute atomic E-state index is 12.6. The van der Waals surface area contributed by atoms with Crippen LogP contribution in [0.4, 0.5) is 5.69 Å². The van der Waals surface area contributed by atoms with Crippen molar-refractivity contribution in [1.82, 2.24) is 14.6 Å². The third-order valence-corrected chi connectivity index (χ3v) is 7.99. The third-order valence-electron chi connectivity index (χ3n) is 5.52. The van der Waals surface area contributed by atoms with Gasteiger partial charge in [-0.2, -0.15) is 0 Å². The Hall–Kier alpha value is -1.32. The molecule has 1 saturated heterocycles. The van der Waals surface area contributed by atoms with E-state index in [9.17, 15) is 8.42 Å². The van der Waals surface area contributed by atoms with Crippen molar-refractivity contribution in [3.63, 3.8) is 0 Å². The number of rotatable bonds is 7. The molecule has 1 fully saturated rings. The number of benzene rings is 2. The van der Waals surface area contributed by atoms with E-state index in [1.54, 1.807) is 30.3 Å². The first-order valence-corrected chi connectivity index (χ1v) is 12.9. The lowest BCUT2D eigenvalue weighted by Gasteiger charge is -2.36. The van der Waals surface area contributed by atoms with Gasteiger partial charge in [0.05, 0.1) is 21.2 Å². The highest BCUT2D eigenvalue weighted by Crippen LogP contribution is 2.32. The zero-order valence-corrected chi connectivity index (χ0v) is 21.6. The number of nitrogens with one attached hydrogen (secondary N) is 1. The summed E-state index contributed by atoms with van der Waals surface area (Å²) < 4.78 is 28.0. The van der Waals surface area contributed by atoms with Crippen LogP contribution in [-0.2, 0) is 10.0 Å². The Balaban J connectivity index is 0.00000306. The fourth-order valence-corrected chi connectivity index (χ4v) is 5.42. The first-order chi connectivity index (χ1) is 15.3. The van der Waals surface area contributed by atoms with E-state index >= 15 is 0 Å². The summed E-state index contributed by atoms with van der Waals surface area (Å²) in [6.45, 7) is 4.62. The molecule has 0 atom stereocenters. The van der Waals surface area contributed by atoms with E-state index in [0.717, 1.165) is 38.4 Å². The Morgan fingerprint density at radius 2 is 1.76 bits per heavy atom. The molecule has 1 N–H and O–H groups in total. The lowest BCUT2D eigenvalue weighted by molar-refractivity contribution is 0.255. The van der Waals surface area contributed by atoms with Crippen LogP contribution in [0.25, 0.3) is 10.9 Å². The molecule has 0 bridgehead atoms. The normalized spacial score (nSPS) is 14.9. The average Bonchev–Trinajstić information content (AvgIpc) is 2.78. The second-order valence-electron chi connectivity index (χ2n) is 7.66. The van der Waals surface area contributed by atoms with Crippen molar-refractivity contribution >= 4 is 73.8 Å². The second kappa shape index (κ2) is 11.4. The Morgan fingerprint density at radius 3 is 2.52 bits per heavy atom. The minimum Gasteiger partial charge on any atom is -0.368 e. The summed E-state index contributed by atoms with van der Waals surface area (Å²) in [5, 5.41) is 2.38. The molecule has 0 spiro atoms. The molecular weight excluding hydrogens is 526 g/mol. The van der Waals surface area contributed by atoms with Gasteiger partial charge >= 0.3 is 0 Å². The molecule has 33 heavy (non-hydrogen) atoms. The molecular formula is C22H24Cl4N4O2S. The van der Waals surface area contributed by atoms with Gasteiger partial charge in [0.2, 0.25) is 10.0 Å². The minimum absolute atomic E-state index is 0. The molecule has 0 aliphatic carbocycles. The summed E-state index contributed by atoms with van der Waals surface area (Å²) >= 11 is 18.5. The molecule has 2 heterocycles. The summed E-state index contributed by atoms with van der Waals surface area (Å²) in [6, 6.07) is 12.5. The number of hydrogen-bond acceptors (Lipinski definition) is 5. The van der Waals surface area contributed by atoms with Crippen molar-refractivity contribution in [3.05, 3.63) is 63.7 Å². The highest BCUT2D eigenvalue weighted by Gasteiger charge is 2.20. The molecule has 178 valence electrons. The summed E-state index contributed by atoms with van der Waals surface area (Å²) in [6.07, 6.45) is 2.09. The maximum Gasteiger partial charge on any atom is 0.242 e. The van der Waals surface area contributed by atoms with Crippen LogP contribution >= 0.6 is 47.2 Å². The number of aromatic nitrogens is 1. The lowest BCUT2D eigenvalue weighted by Crippen LogP contribution is -2.47. The van der Waals surface area contributed by atoms with Crippen molar-refractivity contribution < 1.29 is 8.42 Å². The van der Waals surface area contributed by atoms with Crippen molar-refractivity contribution in [2.75, 3.05) is 44.2 Å². The van der Waals surface area contributed by atoms with Crippen molar-refractivity contribution in [3.8, 4) is 0 Å². The first kappa shape index (κ1) is 26.3. The molecule has 3 aromatic rings. The zero-order chi connectivity index (χ0) is 22.7. The number of fused-ring (bicyclic) bond motifs is 1. The number of sulfonamides is 1. The molecule has 6 nitrogen and oxygen atoms in total. The first-order valence-electron chi connectivity index (χ1n) is 10.3. The number of nitrogens with zero attached hydrogens (tertiary/aromatic N) is 3. The topological polar surface area (TPSA) is 65.5 Å². The summed E-state index contributed by atoms with van der Waals surface area (Å²) in [5.41, 5.74) is 1.66. The largest absolute Gasteiger partial charge is 0.368 e. The molecule has 0 unspecified atom stereocenters. The number of pyridine rings is 1. The smallest absolute Gasteiger partial charge is 0.242 e. The number of piperazine rings is 1. The number of hydrogen-bond donors (Lipinski definition) is 1. The second-order valence-corrected chi connectivity index (χ2v) is 10.6. The SMILES string of the molecule is Cl.O=S(=O)(NCCCN1CCN(c2cccc(Cl)c2Cl)CC1)c1cnc2ccc(Cl)cc2c1. The van der Waals surface area contributed by atoms with Crippen LogP contribution in [0.1, 0.15) is 6.42 Å². The van der Waals surface area contributed by atoms with Crippen LogP contribution in [-0.4, -0.2) is 57.6 Å². The average molecular weight is 550 g/mol. The Labute approximate surface area is 215 Å². The molecule has 0 amide bonds. The van der Waals surface area contributed by atoms with Crippen LogP contribution in [0.5, 0.6) is 0 Å². The predicted octanol–water partition coefficient (Wildman–Crippen LogP) is 5.11. The Bertz CT molecular complexity index is 1220. The maximum atomic E-state index is 12.6. The number of anilines is 1. The van der Waals surface area contributed by atoms with Gasteiger partial charge in [-0.1, -0.05) is 40.9 Å². The van der Waals surface area contributed by atoms with Gasteiger partial charge in [0, 0.05) is 49.3 Å². The lowest BCUT2D eigenvalue weighted by atomic mass is 10.2. The summed E-state index contributed by atoms with van der Waals surface area (Å²) in [5.74, 6) is 0. The van der Waals surface area contributed by atoms with Crippen LogP contribution in [0.2, 0.25) is 15.1 Å². The van der Waals surface area contributed by atoms with Gasteiger partial charge in [-0.25, -0.2) is 13.1 Å². The van der Waals surface area contributed by atoms with E-state index < -0.39 is 10.0 Å². The van der Waals surface area contributed by atoms with Gasteiger partial charge in [-0.3, -0.25) is 9.88 Å².